The summed E-state index contributed by atoms with van der Waals surface area (Å²) in [5.41, 5.74) is 7.85. The first-order valence-corrected chi connectivity index (χ1v) is 7.13. The number of rotatable bonds is 4. The van der Waals surface area contributed by atoms with Crippen LogP contribution >= 0.6 is 23.1 Å². The van der Waals surface area contributed by atoms with E-state index in [0.717, 1.165) is 17.9 Å². The first-order chi connectivity index (χ1) is 7.75. The van der Waals surface area contributed by atoms with Crippen molar-refractivity contribution in [3.63, 3.8) is 0 Å². The Morgan fingerprint density at radius 1 is 1.31 bits per heavy atom. The van der Waals surface area contributed by atoms with Crippen LogP contribution in [-0.2, 0) is 6.42 Å². The quantitative estimate of drug-likeness (QED) is 0.655. The summed E-state index contributed by atoms with van der Waals surface area (Å²) in [6, 6.07) is 10.4. The van der Waals surface area contributed by atoms with Crippen LogP contribution in [0.5, 0.6) is 0 Å². The molecule has 0 fully saturated rings. The van der Waals surface area contributed by atoms with E-state index in [1.165, 1.54) is 15.3 Å². The second-order valence-electron chi connectivity index (χ2n) is 3.70. The van der Waals surface area contributed by atoms with Crippen LogP contribution < -0.4 is 5.73 Å². The van der Waals surface area contributed by atoms with E-state index in [9.17, 15) is 0 Å². The molecule has 2 rings (SSSR count). The average Bonchev–Trinajstić information content (AvgIpc) is 2.74. The van der Waals surface area contributed by atoms with Crippen molar-refractivity contribution in [2.75, 3.05) is 11.5 Å². The lowest BCUT2D eigenvalue weighted by Crippen LogP contribution is -1.89. The first kappa shape index (κ1) is 11.6. The molecule has 0 atom stereocenters. The van der Waals surface area contributed by atoms with Crippen molar-refractivity contribution in [3.05, 3.63) is 46.2 Å². The lowest BCUT2D eigenvalue weighted by molar-refractivity contribution is 1.19. The molecule has 84 valence electrons. The van der Waals surface area contributed by atoms with Crippen LogP contribution in [0.2, 0.25) is 0 Å². The summed E-state index contributed by atoms with van der Waals surface area (Å²) in [6.07, 6.45) is 1.14. The molecule has 2 aromatic rings. The molecule has 1 aromatic heterocycles. The maximum absolute atomic E-state index is 5.73. The third kappa shape index (κ3) is 3.03. The standard InChI is InChI=1S/C13H15NS2/c1-10-9-11(14)4-5-13(10)16-8-6-12-3-2-7-15-12/h2-5,7,9H,6,8,14H2,1H3. The molecule has 0 bridgehead atoms. The average molecular weight is 249 g/mol. The van der Waals surface area contributed by atoms with Gasteiger partial charge in [-0.25, -0.2) is 0 Å². The fraction of sp³-hybridized carbons (Fsp3) is 0.231. The van der Waals surface area contributed by atoms with Crippen molar-refractivity contribution in [2.24, 2.45) is 0 Å². The Morgan fingerprint density at radius 3 is 2.88 bits per heavy atom. The number of thiophene rings is 1. The molecule has 16 heavy (non-hydrogen) atoms. The molecular weight excluding hydrogens is 234 g/mol. The van der Waals surface area contributed by atoms with Crippen LogP contribution in [0.25, 0.3) is 0 Å². The van der Waals surface area contributed by atoms with E-state index in [2.05, 4.69) is 30.5 Å². The predicted octanol–water partition coefficient (Wildman–Crippen LogP) is 3.97. The van der Waals surface area contributed by atoms with Crippen LogP contribution in [0, 0.1) is 6.92 Å². The van der Waals surface area contributed by atoms with Gasteiger partial charge in [0.15, 0.2) is 0 Å². The minimum Gasteiger partial charge on any atom is -0.399 e. The number of hydrogen-bond donors (Lipinski definition) is 1. The Balaban J connectivity index is 1.90. The summed E-state index contributed by atoms with van der Waals surface area (Å²) in [6.45, 7) is 2.11. The van der Waals surface area contributed by atoms with Gasteiger partial charge >= 0.3 is 0 Å². The van der Waals surface area contributed by atoms with Crippen LogP contribution in [0.15, 0.2) is 40.6 Å². The molecule has 1 nitrogen and oxygen atoms in total. The SMILES string of the molecule is Cc1cc(N)ccc1SCCc1cccs1. The van der Waals surface area contributed by atoms with Crippen molar-refractivity contribution in [1.82, 2.24) is 0 Å². The number of nitrogen functional groups attached to an aromatic ring is 1. The van der Waals surface area contributed by atoms with Crippen molar-refractivity contribution >= 4 is 28.8 Å². The summed E-state index contributed by atoms with van der Waals surface area (Å²) in [5.74, 6) is 1.13. The second-order valence-corrected chi connectivity index (χ2v) is 5.87. The van der Waals surface area contributed by atoms with E-state index in [4.69, 9.17) is 5.73 Å². The topological polar surface area (TPSA) is 26.0 Å². The van der Waals surface area contributed by atoms with Gasteiger partial charge in [-0.2, -0.15) is 0 Å². The lowest BCUT2D eigenvalue weighted by Gasteiger charge is -2.05. The normalized spacial score (nSPS) is 10.6. The maximum Gasteiger partial charge on any atom is 0.0317 e. The van der Waals surface area contributed by atoms with E-state index in [1.807, 2.05) is 35.2 Å². The van der Waals surface area contributed by atoms with Crippen LogP contribution in [0.4, 0.5) is 5.69 Å². The van der Waals surface area contributed by atoms with Gasteiger partial charge in [-0.3, -0.25) is 0 Å². The van der Waals surface area contributed by atoms with Crippen molar-refractivity contribution < 1.29 is 0 Å². The predicted molar refractivity (Wildman–Crippen MR) is 74.3 cm³/mol. The molecule has 0 spiro atoms. The maximum atomic E-state index is 5.73. The number of benzene rings is 1. The highest BCUT2D eigenvalue weighted by Gasteiger charge is 2.00. The van der Waals surface area contributed by atoms with Gasteiger partial charge in [0.2, 0.25) is 0 Å². The molecule has 1 aromatic carbocycles. The van der Waals surface area contributed by atoms with E-state index < -0.39 is 0 Å². The minimum atomic E-state index is 0.847. The molecule has 0 saturated heterocycles. The molecule has 2 N–H and O–H groups in total. The Morgan fingerprint density at radius 2 is 2.19 bits per heavy atom. The summed E-state index contributed by atoms with van der Waals surface area (Å²) in [5, 5.41) is 2.13. The van der Waals surface area contributed by atoms with E-state index in [0.29, 0.717) is 0 Å². The zero-order chi connectivity index (χ0) is 11.4. The summed E-state index contributed by atoms with van der Waals surface area (Å²) < 4.78 is 0. The monoisotopic (exact) mass is 249 g/mol. The van der Waals surface area contributed by atoms with E-state index in [1.54, 1.807) is 0 Å². The fourth-order valence-corrected chi connectivity index (χ4v) is 3.38. The lowest BCUT2D eigenvalue weighted by atomic mass is 10.2. The van der Waals surface area contributed by atoms with Gasteiger partial charge < -0.3 is 5.73 Å². The zero-order valence-corrected chi connectivity index (χ0v) is 10.9. The van der Waals surface area contributed by atoms with Gasteiger partial charge in [-0.1, -0.05) is 6.07 Å². The Kier molecular flexibility index (Phi) is 3.91. The van der Waals surface area contributed by atoms with Gasteiger partial charge in [0.25, 0.3) is 0 Å². The Labute approximate surface area is 105 Å². The smallest absolute Gasteiger partial charge is 0.0317 e. The molecule has 0 saturated carbocycles. The third-order valence-corrected chi connectivity index (χ3v) is 4.50. The van der Waals surface area contributed by atoms with Crippen LogP contribution in [0.1, 0.15) is 10.4 Å². The molecule has 0 amide bonds. The molecule has 0 radical (unpaired) electrons. The minimum absolute atomic E-state index is 0.847. The highest BCUT2D eigenvalue weighted by atomic mass is 32.2. The van der Waals surface area contributed by atoms with Crippen molar-refractivity contribution in [1.29, 1.82) is 0 Å². The Bertz CT molecular complexity index is 449. The van der Waals surface area contributed by atoms with Gasteiger partial charge in [0.05, 0.1) is 0 Å². The molecule has 1 heterocycles. The number of hydrogen-bond acceptors (Lipinski definition) is 3. The number of anilines is 1. The Hall–Kier alpha value is -0.930. The van der Waals surface area contributed by atoms with Crippen molar-refractivity contribution in [3.8, 4) is 0 Å². The summed E-state index contributed by atoms with van der Waals surface area (Å²) >= 11 is 3.74. The van der Waals surface area contributed by atoms with Crippen molar-refractivity contribution in [2.45, 2.75) is 18.2 Å². The summed E-state index contributed by atoms with van der Waals surface area (Å²) in [7, 11) is 0. The first-order valence-electron chi connectivity index (χ1n) is 5.27. The second kappa shape index (κ2) is 5.41. The largest absolute Gasteiger partial charge is 0.399 e. The number of thioether (sulfide) groups is 1. The van der Waals surface area contributed by atoms with E-state index in [-0.39, 0.29) is 0 Å². The summed E-state index contributed by atoms with van der Waals surface area (Å²) in [4.78, 5) is 2.80. The van der Waals surface area contributed by atoms with Crippen LogP contribution in [-0.4, -0.2) is 5.75 Å². The van der Waals surface area contributed by atoms with E-state index >= 15 is 0 Å². The molecule has 0 aliphatic carbocycles. The highest BCUT2D eigenvalue weighted by Crippen LogP contribution is 2.25. The molecule has 0 unspecified atom stereocenters. The van der Waals surface area contributed by atoms with Gasteiger partial charge in [0, 0.05) is 21.2 Å². The molecule has 0 aliphatic rings. The highest BCUT2D eigenvalue weighted by molar-refractivity contribution is 7.99. The molecule has 0 aliphatic heterocycles. The zero-order valence-electron chi connectivity index (χ0n) is 9.27. The number of nitrogens with two attached hydrogens (primary N) is 1. The van der Waals surface area contributed by atoms with Gasteiger partial charge in [-0.15, -0.1) is 23.1 Å². The molecular formula is C13H15NS2. The molecule has 3 heteroatoms. The number of aryl methyl sites for hydroxylation is 2. The van der Waals surface area contributed by atoms with Gasteiger partial charge in [0.1, 0.15) is 0 Å². The van der Waals surface area contributed by atoms with Gasteiger partial charge in [-0.05, 0) is 48.6 Å². The third-order valence-electron chi connectivity index (χ3n) is 2.39. The van der Waals surface area contributed by atoms with Crippen LogP contribution in [0.3, 0.4) is 0 Å². The fourth-order valence-electron chi connectivity index (χ4n) is 1.55.